The highest BCUT2D eigenvalue weighted by molar-refractivity contribution is 6.08. The Morgan fingerprint density at radius 2 is 1.58 bits per heavy atom. The Morgan fingerprint density at radius 1 is 0.939 bits per heavy atom. The predicted molar refractivity (Wildman–Crippen MR) is 116 cm³/mol. The maximum absolute atomic E-state index is 13.9. The van der Waals surface area contributed by atoms with Gasteiger partial charge < -0.3 is 10.1 Å². The Morgan fingerprint density at radius 3 is 2.18 bits per heavy atom. The summed E-state index contributed by atoms with van der Waals surface area (Å²) in [7, 11) is 0. The monoisotopic (exact) mass is 456 g/mol. The Kier molecular flexibility index (Phi) is 6.35. The van der Waals surface area contributed by atoms with E-state index in [1.807, 2.05) is 37.3 Å². The van der Waals surface area contributed by atoms with E-state index in [2.05, 4.69) is 10.1 Å². The lowest BCUT2D eigenvalue weighted by atomic mass is 10.1. The molecule has 0 bridgehead atoms. The third-order valence-electron chi connectivity index (χ3n) is 5.29. The molecule has 4 nitrogen and oxygen atoms in total. The van der Waals surface area contributed by atoms with E-state index in [0.717, 1.165) is 23.8 Å². The van der Waals surface area contributed by atoms with E-state index in [1.54, 1.807) is 6.08 Å². The van der Waals surface area contributed by atoms with Gasteiger partial charge in [0, 0.05) is 17.8 Å². The first-order valence-electron chi connectivity index (χ1n) is 10.2. The van der Waals surface area contributed by atoms with Crippen LogP contribution in [0.2, 0.25) is 0 Å². The van der Waals surface area contributed by atoms with E-state index in [-0.39, 0.29) is 23.1 Å². The lowest BCUT2D eigenvalue weighted by Gasteiger charge is -2.26. The van der Waals surface area contributed by atoms with E-state index >= 15 is 0 Å². The summed E-state index contributed by atoms with van der Waals surface area (Å²) >= 11 is 0. The van der Waals surface area contributed by atoms with Crippen LogP contribution in [0.3, 0.4) is 0 Å². The molecule has 0 fully saturated rings. The summed E-state index contributed by atoms with van der Waals surface area (Å²) in [5.41, 5.74) is 1.80. The van der Waals surface area contributed by atoms with Crippen molar-refractivity contribution in [1.29, 1.82) is 0 Å². The fourth-order valence-electron chi connectivity index (χ4n) is 3.79. The molecule has 4 rings (SSSR count). The van der Waals surface area contributed by atoms with Crippen molar-refractivity contribution in [3.05, 3.63) is 107 Å². The molecule has 2 atom stereocenters. The topological polar surface area (TPSA) is 41.6 Å². The van der Waals surface area contributed by atoms with E-state index in [1.165, 1.54) is 29.2 Å². The average molecular weight is 456 g/mol. The number of halogens is 4. The molecule has 3 aromatic rings. The summed E-state index contributed by atoms with van der Waals surface area (Å²) in [5, 5.41) is 3.17. The molecular formula is C25H20F4N2O2. The zero-order chi connectivity index (χ0) is 23.5. The maximum Gasteiger partial charge on any atom is 0.387 e. The standard InChI is InChI=1S/C25H20F4N2O2/c1-15(16-5-3-2-4-6-16)30-22-14-23(17-11-18(26)13-19(27)12-17)31(24(22)32)20-7-9-21(10-8-20)33-25(28)29/h2-15,23,25,30H,1H3/t15-,23?/m1/s1. The highest BCUT2D eigenvalue weighted by atomic mass is 19.3. The molecule has 8 heteroatoms. The van der Waals surface area contributed by atoms with E-state index < -0.39 is 30.2 Å². The fourth-order valence-corrected chi connectivity index (χ4v) is 3.79. The smallest absolute Gasteiger partial charge is 0.387 e. The van der Waals surface area contributed by atoms with Crippen LogP contribution in [0.5, 0.6) is 5.75 Å². The molecule has 1 N–H and O–H groups in total. The van der Waals surface area contributed by atoms with Crippen LogP contribution in [0.25, 0.3) is 0 Å². The average Bonchev–Trinajstić information content (AvgIpc) is 3.10. The molecule has 1 amide bonds. The van der Waals surface area contributed by atoms with E-state index in [4.69, 9.17) is 0 Å². The first-order valence-corrected chi connectivity index (χ1v) is 10.2. The molecule has 1 aliphatic heterocycles. The summed E-state index contributed by atoms with van der Waals surface area (Å²) in [6, 6.07) is 17.0. The van der Waals surface area contributed by atoms with Crippen LogP contribution in [0.15, 0.2) is 84.6 Å². The highest BCUT2D eigenvalue weighted by Crippen LogP contribution is 2.37. The molecule has 0 saturated carbocycles. The minimum Gasteiger partial charge on any atom is -0.435 e. The second kappa shape index (κ2) is 9.36. The maximum atomic E-state index is 13.9. The van der Waals surface area contributed by atoms with Gasteiger partial charge in [-0.3, -0.25) is 9.69 Å². The van der Waals surface area contributed by atoms with Crippen molar-refractivity contribution in [2.45, 2.75) is 25.6 Å². The van der Waals surface area contributed by atoms with Gasteiger partial charge in [0.25, 0.3) is 5.91 Å². The number of nitrogens with one attached hydrogen (secondary N) is 1. The van der Waals surface area contributed by atoms with E-state index in [0.29, 0.717) is 5.69 Å². The minimum absolute atomic E-state index is 0.0715. The third kappa shape index (κ3) is 5.00. The lowest BCUT2D eigenvalue weighted by Crippen LogP contribution is -2.33. The number of benzene rings is 3. The number of carbonyl (C=O) groups excluding carboxylic acids is 1. The third-order valence-corrected chi connectivity index (χ3v) is 5.29. The molecule has 33 heavy (non-hydrogen) atoms. The number of nitrogens with zero attached hydrogens (tertiary/aromatic N) is 1. The van der Waals surface area contributed by atoms with Crippen LogP contribution in [0.4, 0.5) is 23.2 Å². The molecule has 0 saturated heterocycles. The number of hydrogen-bond donors (Lipinski definition) is 1. The Hall–Kier alpha value is -3.81. The number of rotatable bonds is 7. The molecule has 0 aliphatic carbocycles. The van der Waals surface area contributed by atoms with Crippen LogP contribution in [0.1, 0.15) is 30.1 Å². The largest absolute Gasteiger partial charge is 0.435 e. The number of ether oxygens (including phenoxy) is 1. The van der Waals surface area contributed by atoms with Gasteiger partial charge in [0.1, 0.15) is 17.4 Å². The molecule has 1 heterocycles. The predicted octanol–water partition coefficient (Wildman–Crippen LogP) is 5.89. The Labute approximate surface area is 188 Å². The number of alkyl halides is 2. The van der Waals surface area contributed by atoms with Gasteiger partial charge in [0.15, 0.2) is 0 Å². The fraction of sp³-hybridized carbons (Fsp3) is 0.160. The second-order valence-corrected chi connectivity index (χ2v) is 7.55. The van der Waals surface area contributed by atoms with Crippen LogP contribution >= 0.6 is 0 Å². The molecular weight excluding hydrogens is 436 g/mol. The van der Waals surface area contributed by atoms with Crippen molar-refractivity contribution in [3.8, 4) is 5.75 Å². The Bertz CT molecular complexity index is 1150. The molecule has 3 aromatic carbocycles. The minimum atomic E-state index is -2.98. The van der Waals surface area contributed by atoms with Crippen molar-refractivity contribution in [2.24, 2.45) is 0 Å². The summed E-state index contributed by atoms with van der Waals surface area (Å²) < 4.78 is 57.2. The first kappa shape index (κ1) is 22.4. The second-order valence-electron chi connectivity index (χ2n) is 7.55. The van der Waals surface area contributed by atoms with Crippen LogP contribution in [0, 0.1) is 11.6 Å². The van der Waals surface area contributed by atoms with Crippen LogP contribution < -0.4 is 15.0 Å². The van der Waals surface area contributed by atoms with Crippen molar-refractivity contribution in [2.75, 3.05) is 4.90 Å². The van der Waals surface area contributed by atoms with Gasteiger partial charge in [-0.05, 0) is 60.5 Å². The number of hydrogen-bond acceptors (Lipinski definition) is 3. The van der Waals surface area contributed by atoms with Gasteiger partial charge in [-0.15, -0.1) is 0 Å². The summed E-state index contributed by atoms with van der Waals surface area (Å²) in [6.07, 6.45) is 1.60. The van der Waals surface area contributed by atoms with Crippen LogP contribution in [-0.2, 0) is 4.79 Å². The van der Waals surface area contributed by atoms with E-state index in [9.17, 15) is 22.4 Å². The van der Waals surface area contributed by atoms with Gasteiger partial charge in [0.05, 0.1) is 11.7 Å². The van der Waals surface area contributed by atoms with Crippen molar-refractivity contribution in [3.63, 3.8) is 0 Å². The molecule has 0 aromatic heterocycles. The van der Waals surface area contributed by atoms with Gasteiger partial charge in [-0.1, -0.05) is 30.3 Å². The van der Waals surface area contributed by atoms with Crippen molar-refractivity contribution in [1.82, 2.24) is 5.32 Å². The molecule has 0 spiro atoms. The van der Waals surface area contributed by atoms with Crippen molar-refractivity contribution < 1.29 is 27.1 Å². The SMILES string of the molecule is C[C@@H](NC1=CC(c2cc(F)cc(F)c2)N(c2ccc(OC(F)F)cc2)C1=O)c1ccccc1. The van der Waals surface area contributed by atoms with Gasteiger partial charge in [-0.25, -0.2) is 8.78 Å². The van der Waals surface area contributed by atoms with Crippen molar-refractivity contribution >= 4 is 11.6 Å². The number of carbonyl (C=O) groups is 1. The van der Waals surface area contributed by atoms with Gasteiger partial charge in [0.2, 0.25) is 0 Å². The zero-order valence-electron chi connectivity index (χ0n) is 17.5. The van der Waals surface area contributed by atoms with Crippen LogP contribution in [-0.4, -0.2) is 12.5 Å². The van der Waals surface area contributed by atoms with Gasteiger partial charge >= 0.3 is 6.61 Å². The summed E-state index contributed by atoms with van der Waals surface area (Å²) in [4.78, 5) is 14.7. The number of amides is 1. The summed E-state index contributed by atoms with van der Waals surface area (Å²) in [6.45, 7) is -1.09. The quantitative estimate of drug-likeness (QED) is 0.451. The normalized spacial score (nSPS) is 16.7. The zero-order valence-corrected chi connectivity index (χ0v) is 17.5. The summed E-state index contributed by atoms with van der Waals surface area (Å²) in [5.74, 6) is -2.04. The molecule has 170 valence electrons. The molecule has 1 unspecified atom stereocenters. The highest BCUT2D eigenvalue weighted by Gasteiger charge is 2.35. The molecule has 1 aliphatic rings. The van der Waals surface area contributed by atoms with Gasteiger partial charge in [-0.2, -0.15) is 8.78 Å². The lowest BCUT2D eigenvalue weighted by molar-refractivity contribution is -0.115. The Balaban J connectivity index is 1.69. The molecule has 0 radical (unpaired) electrons. The first-order chi connectivity index (χ1) is 15.8. The number of anilines is 1.